The first kappa shape index (κ1) is 17.0. The van der Waals surface area contributed by atoms with Gasteiger partial charge in [0.25, 0.3) is 0 Å². The van der Waals surface area contributed by atoms with E-state index in [1.54, 1.807) is 14.2 Å². The molecule has 22 heavy (non-hydrogen) atoms. The molecule has 0 aliphatic carbocycles. The van der Waals surface area contributed by atoms with Crippen molar-refractivity contribution in [1.82, 2.24) is 4.98 Å². The molecular weight excluding hydrogens is 276 g/mol. The van der Waals surface area contributed by atoms with Crippen LogP contribution in [0.25, 0.3) is 6.08 Å². The van der Waals surface area contributed by atoms with E-state index in [0.717, 1.165) is 30.7 Å². The van der Waals surface area contributed by atoms with E-state index in [0.29, 0.717) is 0 Å². The lowest BCUT2D eigenvalue weighted by Gasteiger charge is -2.19. The zero-order valence-corrected chi connectivity index (χ0v) is 14.6. The van der Waals surface area contributed by atoms with Gasteiger partial charge < -0.3 is 14.5 Å². The lowest BCUT2D eigenvalue weighted by atomic mass is 9.86. The van der Waals surface area contributed by atoms with Crippen LogP contribution in [0.2, 0.25) is 0 Å². The van der Waals surface area contributed by atoms with Crippen molar-refractivity contribution in [3.63, 3.8) is 0 Å². The second kappa shape index (κ2) is 6.80. The quantitative estimate of drug-likeness (QED) is 0.808. The first-order valence-corrected chi connectivity index (χ1v) is 8.01. The van der Waals surface area contributed by atoms with Gasteiger partial charge in [-0.05, 0) is 30.0 Å². The van der Waals surface area contributed by atoms with Crippen molar-refractivity contribution in [2.45, 2.75) is 53.2 Å². The van der Waals surface area contributed by atoms with Crippen molar-refractivity contribution < 1.29 is 9.47 Å². The number of H-pyrrole nitrogens is 1. The zero-order chi connectivity index (χ0) is 16.3. The second-order valence-electron chi connectivity index (χ2n) is 6.41. The monoisotopic (exact) mass is 304 g/mol. The summed E-state index contributed by atoms with van der Waals surface area (Å²) in [7, 11) is 3.30. The molecular formula is C18H28N2O2. The molecule has 1 N–H and O–H groups in total. The maximum Gasteiger partial charge on any atom is 0.196 e. The summed E-state index contributed by atoms with van der Waals surface area (Å²) in [6.45, 7) is 8.82. The van der Waals surface area contributed by atoms with Gasteiger partial charge in [-0.1, -0.05) is 27.7 Å². The maximum absolute atomic E-state index is 5.35. The molecule has 0 amide bonds. The number of aryl methyl sites for hydroxylation is 1. The highest BCUT2D eigenvalue weighted by atomic mass is 16.7. The number of nitrogens with zero attached hydrogens (tertiary/aromatic N) is 1. The Balaban J connectivity index is 2.39. The number of aromatic nitrogens is 1. The summed E-state index contributed by atoms with van der Waals surface area (Å²) in [5, 5.41) is 0. The van der Waals surface area contributed by atoms with Crippen molar-refractivity contribution in [3.05, 3.63) is 28.7 Å². The molecule has 1 aromatic heterocycles. The van der Waals surface area contributed by atoms with E-state index in [-0.39, 0.29) is 11.7 Å². The van der Waals surface area contributed by atoms with Crippen LogP contribution in [0.15, 0.2) is 16.9 Å². The van der Waals surface area contributed by atoms with Gasteiger partial charge in [0.15, 0.2) is 6.29 Å². The molecule has 0 atom stereocenters. The van der Waals surface area contributed by atoms with Crippen LogP contribution in [0, 0.1) is 5.41 Å². The summed E-state index contributed by atoms with van der Waals surface area (Å²) in [6, 6.07) is 0. The molecule has 4 heteroatoms. The molecule has 2 heterocycles. The van der Waals surface area contributed by atoms with Gasteiger partial charge in [-0.25, -0.2) is 0 Å². The molecule has 0 saturated heterocycles. The molecule has 0 unspecified atom stereocenters. The lowest BCUT2D eigenvalue weighted by molar-refractivity contribution is -0.0532. The van der Waals surface area contributed by atoms with Gasteiger partial charge in [0, 0.05) is 43.6 Å². The molecule has 0 aromatic carbocycles. The minimum atomic E-state index is -0.356. The fourth-order valence-corrected chi connectivity index (χ4v) is 3.13. The average molecular weight is 304 g/mol. The topological polar surface area (TPSA) is 46.6 Å². The van der Waals surface area contributed by atoms with Crippen LogP contribution in [0.5, 0.6) is 0 Å². The number of rotatable bonds is 6. The first-order chi connectivity index (χ1) is 10.5. The van der Waals surface area contributed by atoms with Gasteiger partial charge in [-0.3, -0.25) is 4.99 Å². The summed E-state index contributed by atoms with van der Waals surface area (Å²) in [5.41, 5.74) is 6.00. The number of hydrogen-bond donors (Lipinski definition) is 1. The van der Waals surface area contributed by atoms with E-state index in [4.69, 9.17) is 14.5 Å². The molecule has 0 spiro atoms. The average Bonchev–Trinajstić information content (AvgIpc) is 3.01. The number of aliphatic imine (C=N–C) groups is 1. The number of ether oxygens (including phenoxy) is 2. The number of hydrogen-bond acceptors (Lipinski definition) is 3. The zero-order valence-electron chi connectivity index (χ0n) is 14.6. The largest absolute Gasteiger partial charge is 0.361 e. The summed E-state index contributed by atoms with van der Waals surface area (Å²) in [5.74, 6) is 0. The predicted octanol–water partition coefficient (Wildman–Crippen LogP) is 3.97. The Labute approximate surface area is 133 Å². The number of methoxy groups -OCH3 is 2. The normalized spacial score (nSPS) is 19.2. The summed E-state index contributed by atoms with van der Waals surface area (Å²) in [4.78, 5) is 8.20. The Bertz CT molecular complexity index is 578. The molecule has 0 saturated carbocycles. The van der Waals surface area contributed by atoms with Crippen LogP contribution in [0.4, 0.5) is 0 Å². The minimum absolute atomic E-state index is 0.00680. The van der Waals surface area contributed by atoms with E-state index in [9.17, 15) is 0 Å². The van der Waals surface area contributed by atoms with Gasteiger partial charge in [-0.15, -0.1) is 0 Å². The SMILES string of the molecule is CCc1c[nH]c(/C=C2\N=C(C(OC)OC)CC2(C)C)c1CC. The second-order valence-corrected chi connectivity index (χ2v) is 6.41. The maximum atomic E-state index is 5.35. The Hall–Kier alpha value is -1.39. The van der Waals surface area contributed by atoms with Gasteiger partial charge >= 0.3 is 0 Å². The Kier molecular flexibility index (Phi) is 5.24. The third-order valence-corrected chi connectivity index (χ3v) is 4.41. The number of nitrogens with one attached hydrogen (secondary N) is 1. The molecule has 1 aromatic rings. The molecule has 0 bridgehead atoms. The highest BCUT2D eigenvalue weighted by Crippen LogP contribution is 2.40. The number of aromatic amines is 1. The predicted molar refractivity (Wildman–Crippen MR) is 91.2 cm³/mol. The van der Waals surface area contributed by atoms with E-state index < -0.39 is 0 Å². The molecule has 0 radical (unpaired) electrons. The molecule has 1 aliphatic rings. The minimum Gasteiger partial charge on any atom is -0.361 e. The fourth-order valence-electron chi connectivity index (χ4n) is 3.13. The highest BCUT2D eigenvalue weighted by molar-refractivity contribution is 5.92. The lowest BCUT2D eigenvalue weighted by Crippen LogP contribution is -2.25. The molecule has 4 nitrogen and oxygen atoms in total. The van der Waals surface area contributed by atoms with Gasteiger partial charge in [0.1, 0.15) is 0 Å². The Morgan fingerprint density at radius 2 is 1.95 bits per heavy atom. The summed E-state index contributed by atoms with van der Waals surface area (Å²) in [6.07, 6.45) is 6.88. The third kappa shape index (κ3) is 3.18. The van der Waals surface area contributed by atoms with Crippen LogP contribution < -0.4 is 0 Å². The third-order valence-electron chi connectivity index (χ3n) is 4.41. The van der Waals surface area contributed by atoms with Crippen LogP contribution in [-0.2, 0) is 22.3 Å². The molecule has 2 rings (SSSR count). The molecule has 0 fully saturated rings. The fraction of sp³-hybridized carbons (Fsp3) is 0.611. The van der Waals surface area contributed by atoms with Crippen molar-refractivity contribution in [3.8, 4) is 0 Å². The van der Waals surface area contributed by atoms with E-state index >= 15 is 0 Å². The van der Waals surface area contributed by atoms with Gasteiger partial charge in [0.05, 0.1) is 5.71 Å². The van der Waals surface area contributed by atoms with E-state index in [1.807, 2.05) is 0 Å². The number of allylic oxidation sites excluding steroid dienone is 1. The van der Waals surface area contributed by atoms with Crippen molar-refractivity contribution in [2.75, 3.05) is 14.2 Å². The van der Waals surface area contributed by atoms with Crippen LogP contribution in [0.3, 0.4) is 0 Å². The molecule has 1 aliphatic heterocycles. The van der Waals surface area contributed by atoms with Crippen LogP contribution >= 0.6 is 0 Å². The van der Waals surface area contributed by atoms with E-state index in [1.165, 1.54) is 16.8 Å². The van der Waals surface area contributed by atoms with Crippen LogP contribution in [-0.4, -0.2) is 31.2 Å². The van der Waals surface area contributed by atoms with Crippen molar-refractivity contribution in [1.29, 1.82) is 0 Å². The standard InChI is InChI=1S/C18H28N2O2/c1-7-12-11-19-14(13(12)8-2)9-16-18(3,4)10-15(20-16)17(21-5)22-6/h9,11,17,19H,7-8,10H2,1-6H3/b16-9-. The Morgan fingerprint density at radius 3 is 2.50 bits per heavy atom. The smallest absolute Gasteiger partial charge is 0.196 e. The van der Waals surface area contributed by atoms with Crippen molar-refractivity contribution in [2.24, 2.45) is 10.4 Å². The molecule has 122 valence electrons. The van der Waals surface area contributed by atoms with Gasteiger partial charge in [-0.2, -0.15) is 0 Å². The first-order valence-electron chi connectivity index (χ1n) is 8.01. The Morgan fingerprint density at radius 1 is 1.27 bits per heavy atom. The van der Waals surface area contributed by atoms with Crippen LogP contribution in [0.1, 0.15) is 50.9 Å². The van der Waals surface area contributed by atoms with E-state index in [2.05, 4.69) is 45.0 Å². The van der Waals surface area contributed by atoms with Crippen molar-refractivity contribution >= 4 is 11.8 Å². The summed E-state index contributed by atoms with van der Waals surface area (Å²) < 4.78 is 10.7. The summed E-state index contributed by atoms with van der Waals surface area (Å²) >= 11 is 0. The van der Waals surface area contributed by atoms with Gasteiger partial charge in [0.2, 0.25) is 0 Å². The highest BCUT2D eigenvalue weighted by Gasteiger charge is 2.35.